The van der Waals surface area contributed by atoms with Crippen LogP contribution in [0.15, 0.2) is 81.1 Å². The molecule has 0 spiro atoms. The predicted molar refractivity (Wildman–Crippen MR) is 134 cm³/mol. The Labute approximate surface area is 210 Å². The molecule has 0 bridgehead atoms. The van der Waals surface area contributed by atoms with E-state index in [2.05, 4.69) is 25.3 Å². The van der Waals surface area contributed by atoms with Crippen molar-refractivity contribution in [2.75, 3.05) is 0 Å². The van der Waals surface area contributed by atoms with Crippen LogP contribution in [-0.4, -0.2) is 25.9 Å². The zero-order valence-corrected chi connectivity index (χ0v) is 20.3. The van der Waals surface area contributed by atoms with Gasteiger partial charge in [-0.25, -0.2) is 9.97 Å². The molecule has 0 aliphatic carbocycles. The SMILES string of the molecule is Cc1nc(N=Nc2c(-c3ccccc3)[nH]n(-c3nc(-c4ccccc4)cs3)c2=O)sc1CC(F)(F)F. The molecule has 5 rings (SSSR count). The maximum absolute atomic E-state index is 13.4. The Bertz CT molecular complexity index is 1580. The fraction of sp³-hybridized carbons (Fsp3) is 0.125. The summed E-state index contributed by atoms with van der Waals surface area (Å²) in [5.41, 5.74) is 2.48. The van der Waals surface area contributed by atoms with Crippen molar-refractivity contribution in [1.29, 1.82) is 0 Å². The number of aromatic amines is 1. The topological polar surface area (TPSA) is 88.3 Å². The van der Waals surface area contributed by atoms with Crippen LogP contribution >= 0.6 is 22.7 Å². The third-order valence-corrected chi connectivity index (χ3v) is 7.03. The van der Waals surface area contributed by atoms with Gasteiger partial charge in [-0.1, -0.05) is 72.0 Å². The van der Waals surface area contributed by atoms with Gasteiger partial charge in [-0.3, -0.25) is 9.89 Å². The van der Waals surface area contributed by atoms with Crippen LogP contribution in [0.25, 0.3) is 27.6 Å². The molecule has 7 nitrogen and oxygen atoms in total. The smallest absolute Gasteiger partial charge is 0.286 e. The van der Waals surface area contributed by atoms with Gasteiger partial charge in [0.2, 0.25) is 10.3 Å². The number of hydrogen-bond donors (Lipinski definition) is 1. The summed E-state index contributed by atoms with van der Waals surface area (Å²) in [6, 6.07) is 18.7. The summed E-state index contributed by atoms with van der Waals surface area (Å²) in [7, 11) is 0. The van der Waals surface area contributed by atoms with E-state index in [1.165, 1.54) is 22.9 Å². The van der Waals surface area contributed by atoms with Gasteiger partial charge in [0.05, 0.1) is 23.5 Å². The number of benzene rings is 2. The number of H-pyrrole nitrogens is 1. The number of hydrogen-bond acceptors (Lipinski definition) is 7. The van der Waals surface area contributed by atoms with Gasteiger partial charge in [0.15, 0.2) is 5.69 Å². The molecule has 12 heteroatoms. The van der Waals surface area contributed by atoms with E-state index in [0.29, 0.717) is 16.4 Å². The number of rotatable bonds is 6. The van der Waals surface area contributed by atoms with E-state index in [-0.39, 0.29) is 21.4 Å². The van der Waals surface area contributed by atoms with E-state index < -0.39 is 18.2 Å². The van der Waals surface area contributed by atoms with Crippen LogP contribution in [0.1, 0.15) is 10.6 Å². The summed E-state index contributed by atoms with van der Waals surface area (Å²) in [5.74, 6) is 0. The number of halogens is 3. The molecule has 3 heterocycles. The van der Waals surface area contributed by atoms with Gasteiger partial charge in [-0.2, -0.15) is 17.9 Å². The zero-order chi connectivity index (χ0) is 25.3. The second kappa shape index (κ2) is 9.63. The second-order valence-corrected chi connectivity index (χ2v) is 9.62. The van der Waals surface area contributed by atoms with E-state index >= 15 is 0 Å². The molecule has 1 N–H and O–H groups in total. The van der Waals surface area contributed by atoms with Crippen molar-refractivity contribution in [3.05, 3.63) is 87.0 Å². The molecular formula is C24H17F3N6OS2. The maximum atomic E-state index is 13.4. The molecule has 0 aliphatic rings. The molecule has 36 heavy (non-hydrogen) atoms. The lowest BCUT2D eigenvalue weighted by atomic mass is 10.1. The van der Waals surface area contributed by atoms with Crippen LogP contribution < -0.4 is 5.56 Å². The van der Waals surface area contributed by atoms with Gasteiger partial charge in [0, 0.05) is 21.4 Å². The quantitative estimate of drug-likeness (QED) is 0.237. The van der Waals surface area contributed by atoms with E-state index in [0.717, 1.165) is 22.6 Å². The molecule has 182 valence electrons. The van der Waals surface area contributed by atoms with Gasteiger partial charge < -0.3 is 0 Å². The fourth-order valence-electron chi connectivity index (χ4n) is 3.46. The van der Waals surface area contributed by atoms with Crippen molar-refractivity contribution in [1.82, 2.24) is 19.7 Å². The molecule has 0 atom stereocenters. The second-order valence-electron chi connectivity index (χ2n) is 7.72. The summed E-state index contributed by atoms with van der Waals surface area (Å²) in [6.07, 6.45) is -5.45. The average Bonchev–Trinajstić information content (AvgIpc) is 3.56. The van der Waals surface area contributed by atoms with Crippen molar-refractivity contribution in [3.8, 4) is 27.6 Å². The van der Waals surface area contributed by atoms with E-state index in [1.54, 1.807) is 12.1 Å². The number of azo groups is 1. The molecule has 3 aromatic heterocycles. The molecule has 0 saturated heterocycles. The van der Waals surface area contributed by atoms with Crippen LogP contribution in [0.3, 0.4) is 0 Å². The number of alkyl halides is 3. The monoisotopic (exact) mass is 526 g/mol. The van der Waals surface area contributed by atoms with Gasteiger partial charge in [0.25, 0.3) is 0 Å². The third-order valence-electron chi connectivity index (χ3n) is 5.16. The van der Waals surface area contributed by atoms with Gasteiger partial charge in [0.1, 0.15) is 0 Å². The van der Waals surface area contributed by atoms with Crippen LogP contribution in [0.4, 0.5) is 24.0 Å². The van der Waals surface area contributed by atoms with Crippen LogP contribution in [-0.2, 0) is 6.42 Å². The molecule has 0 aliphatic heterocycles. The predicted octanol–water partition coefficient (Wildman–Crippen LogP) is 7.24. The summed E-state index contributed by atoms with van der Waals surface area (Å²) in [5, 5.41) is 13.5. The Balaban J connectivity index is 1.55. The first kappa shape index (κ1) is 23.8. The highest BCUT2D eigenvalue weighted by Crippen LogP contribution is 2.33. The highest BCUT2D eigenvalue weighted by molar-refractivity contribution is 7.15. The first-order valence-corrected chi connectivity index (χ1v) is 12.3. The van der Waals surface area contributed by atoms with Crippen molar-refractivity contribution in [2.45, 2.75) is 19.5 Å². The average molecular weight is 527 g/mol. The summed E-state index contributed by atoms with van der Waals surface area (Å²) < 4.78 is 39.7. The van der Waals surface area contributed by atoms with Crippen LogP contribution in [0.2, 0.25) is 0 Å². The Hall–Kier alpha value is -3.90. The summed E-state index contributed by atoms with van der Waals surface area (Å²) >= 11 is 2.08. The molecular weight excluding hydrogens is 509 g/mol. The minimum atomic E-state index is -4.35. The number of aryl methyl sites for hydroxylation is 1. The summed E-state index contributed by atoms with van der Waals surface area (Å²) in [6.45, 7) is 1.49. The van der Waals surface area contributed by atoms with Gasteiger partial charge >= 0.3 is 11.7 Å². The zero-order valence-electron chi connectivity index (χ0n) is 18.7. The van der Waals surface area contributed by atoms with Crippen molar-refractivity contribution in [3.63, 3.8) is 0 Å². The molecule has 2 aromatic carbocycles. The number of nitrogens with one attached hydrogen (secondary N) is 1. The highest BCUT2D eigenvalue weighted by atomic mass is 32.1. The minimum absolute atomic E-state index is 0.00267. The lowest BCUT2D eigenvalue weighted by molar-refractivity contribution is -0.126. The maximum Gasteiger partial charge on any atom is 0.393 e. The van der Waals surface area contributed by atoms with E-state index in [1.807, 2.05) is 53.9 Å². The van der Waals surface area contributed by atoms with Crippen LogP contribution in [0.5, 0.6) is 0 Å². The van der Waals surface area contributed by atoms with E-state index in [9.17, 15) is 18.0 Å². The van der Waals surface area contributed by atoms with Crippen LogP contribution in [0, 0.1) is 6.92 Å². The molecule has 0 unspecified atom stereocenters. The first-order valence-electron chi connectivity index (χ1n) is 10.6. The largest absolute Gasteiger partial charge is 0.393 e. The standard InChI is InChI=1S/C24H17F3N6OS2/c1-14-18(12-24(25,26)27)36-22(28-14)31-30-20-19(16-10-6-3-7-11-16)32-33(21(20)34)23-29-17(13-35-23)15-8-4-2-5-9-15/h2-11,13,32H,12H2,1H3. The lowest BCUT2D eigenvalue weighted by Gasteiger charge is -2.03. The molecule has 0 saturated carbocycles. The Morgan fingerprint density at radius 1 is 0.972 bits per heavy atom. The lowest BCUT2D eigenvalue weighted by Crippen LogP contribution is -2.13. The molecule has 0 radical (unpaired) electrons. The Morgan fingerprint density at radius 3 is 2.31 bits per heavy atom. The number of aromatic nitrogens is 4. The summed E-state index contributed by atoms with van der Waals surface area (Å²) in [4.78, 5) is 22.1. The van der Waals surface area contributed by atoms with Crippen molar-refractivity contribution >= 4 is 33.5 Å². The van der Waals surface area contributed by atoms with E-state index in [4.69, 9.17) is 0 Å². The van der Waals surface area contributed by atoms with Gasteiger partial charge in [-0.15, -0.1) is 21.6 Å². The Morgan fingerprint density at radius 2 is 1.64 bits per heavy atom. The minimum Gasteiger partial charge on any atom is -0.286 e. The molecule has 0 amide bonds. The Kier molecular flexibility index (Phi) is 6.37. The number of thiazole rings is 2. The molecule has 5 aromatic rings. The number of nitrogens with zero attached hydrogens (tertiary/aromatic N) is 5. The molecule has 0 fully saturated rings. The first-order chi connectivity index (χ1) is 17.3. The highest BCUT2D eigenvalue weighted by Gasteiger charge is 2.30. The normalized spacial score (nSPS) is 12.0. The van der Waals surface area contributed by atoms with Gasteiger partial charge in [-0.05, 0) is 6.92 Å². The van der Waals surface area contributed by atoms with Crippen molar-refractivity contribution < 1.29 is 13.2 Å². The van der Waals surface area contributed by atoms with Crippen molar-refractivity contribution in [2.24, 2.45) is 10.2 Å². The fourth-order valence-corrected chi connectivity index (χ4v) is 5.17. The third kappa shape index (κ3) is 5.04.